The molecule has 1 fully saturated rings. The molecule has 0 aliphatic heterocycles. The van der Waals surface area contributed by atoms with Crippen LogP contribution >= 0.6 is 0 Å². The van der Waals surface area contributed by atoms with Crippen LogP contribution in [0.3, 0.4) is 0 Å². The maximum atomic E-state index is 11.5. The number of hydrogen-bond donors (Lipinski definition) is 1. The fraction of sp³-hybridized carbons (Fsp3) is 0.240. The molecule has 3 atom stereocenters. The van der Waals surface area contributed by atoms with E-state index in [1.165, 1.54) is 0 Å². The number of benzene rings is 3. The molecule has 28 heavy (non-hydrogen) atoms. The standard InChI is InChI=1S/C25H24O3/c1-18-22(23(18)24(26)27)17-28-25(19-11-5-2-6-12-19,20-13-7-3-8-14-20)21-15-9-4-10-16-21/h2-16,18,22-23H,17H2,1H3,(H,26,27). The van der Waals surface area contributed by atoms with Crippen LogP contribution < -0.4 is 0 Å². The van der Waals surface area contributed by atoms with Crippen molar-refractivity contribution in [2.75, 3.05) is 6.61 Å². The van der Waals surface area contributed by atoms with Gasteiger partial charge in [0.1, 0.15) is 5.60 Å². The molecular formula is C25H24O3. The predicted molar refractivity (Wildman–Crippen MR) is 109 cm³/mol. The summed E-state index contributed by atoms with van der Waals surface area (Å²) in [6.45, 7) is 2.39. The van der Waals surface area contributed by atoms with Crippen LogP contribution in [0.2, 0.25) is 0 Å². The van der Waals surface area contributed by atoms with E-state index in [2.05, 4.69) is 36.4 Å². The molecule has 0 radical (unpaired) electrons. The van der Waals surface area contributed by atoms with Gasteiger partial charge in [-0.05, 0) is 28.5 Å². The van der Waals surface area contributed by atoms with Crippen molar-refractivity contribution < 1.29 is 14.6 Å². The van der Waals surface area contributed by atoms with Gasteiger partial charge in [-0.15, -0.1) is 0 Å². The van der Waals surface area contributed by atoms with E-state index >= 15 is 0 Å². The SMILES string of the molecule is CC1C(COC(c2ccccc2)(c2ccccc2)c2ccccc2)C1C(=O)O. The largest absolute Gasteiger partial charge is 0.481 e. The first-order valence-electron chi connectivity index (χ1n) is 9.68. The summed E-state index contributed by atoms with van der Waals surface area (Å²) >= 11 is 0. The molecule has 3 aromatic carbocycles. The number of carboxylic acids is 1. The molecule has 1 saturated carbocycles. The number of aliphatic carboxylic acids is 1. The minimum Gasteiger partial charge on any atom is -0.481 e. The number of carboxylic acid groups (broad SMARTS) is 1. The Kier molecular flexibility index (Phi) is 5.01. The second-order valence-electron chi connectivity index (χ2n) is 7.48. The molecule has 0 aromatic heterocycles. The Bertz CT molecular complexity index is 825. The van der Waals surface area contributed by atoms with Crippen LogP contribution in [0.4, 0.5) is 0 Å². The molecule has 0 spiro atoms. The second kappa shape index (κ2) is 7.61. The molecule has 1 N–H and O–H groups in total. The Labute approximate surface area is 165 Å². The lowest BCUT2D eigenvalue weighted by atomic mass is 9.80. The van der Waals surface area contributed by atoms with Crippen LogP contribution in [0.15, 0.2) is 91.0 Å². The first-order chi connectivity index (χ1) is 13.6. The van der Waals surface area contributed by atoms with Gasteiger partial charge in [-0.25, -0.2) is 0 Å². The van der Waals surface area contributed by atoms with Crippen LogP contribution in [-0.4, -0.2) is 17.7 Å². The van der Waals surface area contributed by atoms with Crippen molar-refractivity contribution in [2.45, 2.75) is 12.5 Å². The van der Waals surface area contributed by atoms with Crippen molar-refractivity contribution in [1.82, 2.24) is 0 Å². The van der Waals surface area contributed by atoms with E-state index < -0.39 is 11.6 Å². The van der Waals surface area contributed by atoms with Gasteiger partial charge in [-0.3, -0.25) is 4.79 Å². The van der Waals surface area contributed by atoms with Gasteiger partial charge in [0.05, 0.1) is 12.5 Å². The Morgan fingerprint density at radius 2 is 1.21 bits per heavy atom. The van der Waals surface area contributed by atoms with E-state index in [0.29, 0.717) is 6.61 Å². The highest BCUT2D eigenvalue weighted by Crippen LogP contribution is 2.49. The molecule has 0 amide bonds. The van der Waals surface area contributed by atoms with Crippen molar-refractivity contribution in [2.24, 2.45) is 17.8 Å². The number of ether oxygens (including phenoxy) is 1. The van der Waals surface area contributed by atoms with Crippen LogP contribution in [0.5, 0.6) is 0 Å². The molecule has 3 nitrogen and oxygen atoms in total. The lowest BCUT2D eigenvalue weighted by Crippen LogP contribution is -2.34. The Hall–Kier alpha value is -2.91. The van der Waals surface area contributed by atoms with Crippen LogP contribution in [0, 0.1) is 17.8 Å². The minimum atomic E-state index is -0.783. The predicted octanol–water partition coefficient (Wildman–Crippen LogP) is 4.96. The fourth-order valence-electron chi connectivity index (χ4n) is 4.20. The topological polar surface area (TPSA) is 46.5 Å². The summed E-state index contributed by atoms with van der Waals surface area (Å²) in [7, 11) is 0. The van der Waals surface area contributed by atoms with Gasteiger partial charge in [0.15, 0.2) is 0 Å². The Morgan fingerprint density at radius 3 is 1.54 bits per heavy atom. The molecule has 0 bridgehead atoms. The van der Waals surface area contributed by atoms with Gasteiger partial charge in [0, 0.05) is 0 Å². The first-order valence-corrected chi connectivity index (χ1v) is 9.68. The zero-order valence-corrected chi connectivity index (χ0v) is 15.9. The summed E-state index contributed by atoms with van der Waals surface area (Å²) in [5.41, 5.74) is 2.32. The fourth-order valence-corrected chi connectivity index (χ4v) is 4.20. The monoisotopic (exact) mass is 372 g/mol. The van der Waals surface area contributed by atoms with Gasteiger partial charge in [-0.1, -0.05) is 97.9 Å². The molecule has 142 valence electrons. The van der Waals surface area contributed by atoms with E-state index in [1.54, 1.807) is 0 Å². The molecular weight excluding hydrogens is 348 g/mol. The molecule has 0 saturated heterocycles. The lowest BCUT2D eigenvalue weighted by molar-refractivity contribution is -0.139. The quantitative estimate of drug-likeness (QED) is 0.596. The summed E-state index contributed by atoms with van der Waals surface area (Å²) < 4.78 is 6.70. The molecule has 0 heterocycles. The van der Waals surface area contributed by atoms with Crippen molar-refractivity contribution in [3.63, 3.8) is 0 Å². The van der Waals surface area contributed by atoms with Crippen LogP contribution in [0.25, 0.3) is 0 Å². The number of rotatable bonds is 7. The smallest absolute Gasteiger partial charge is 0.307 e. The van der Waals surface area contributed by atoms with Gasteiger partial charge in [-0.2, -0.15) is 0 Å². The molecule has 3 heteroatoms. The third kappa shape index (κ3) is 3.23. The van der Waals surface area contributed by atoms with Gasteiger partial charge < -0.3 is 9.84 Å². The second-order valence-corrected chi connectivity index (χ2v) is 7.48. The lowest BCUT2D eigenvalue weighted by Gasteiger charge is -2.36. The zero-order valence-electron chi connectivity index (χ0n) is 15.9. The molecule has 4 rings (SSSR count). The van der Waals surface area contributed by atoms with E-state index in [-0.39, 0.29) is 17.8 Å². The summed E-state index contributed by atoms with van der Waals surface area (Å²) in [4.78, 5) is 11.5. The third-order valence-corrected chi connectivity index (χ3v) is 5.88. The summed E-state index contributed by atoms with van der Waals surface area (Å²) in [6.07, 6.45) is 0. The van der Waals surface area contributed by atoms with Crippen LogP contribution in [0.1, 0.15) is 23.6 Å². The normalized spacial score (nSPS) is 21.2. The highest BCUT2D eigenvalue weighted by Gasteiger charge is 2.53. The molecule has 3 aromatic rings. The van der Waals surface area contributed by atoms with Crippen molar-refractivity contribution in [3.05, 3.63) is 108 Å². The average molecular weight is 372 g/mol. The molecule has 1 aliphatic carbocycles. The molecule has 1 aliphatic rings. The van der Waals surface area contributed by atoms with Crippen LogP contribution in [-0.2, 0) is 15.1 Å². The zero-order chi connectivity index (χ0) is 19.6. The minimum absolute atomic E-state index is 0.0352. The third-order valence-electron chi connectivity index (χ3n) is 5.88. The number of carbonyl (C=O) groups is 1. The first kappa shape index (κ1) is 18.5. The van der Waals surface area contributed by atoms with Crippen molar-refractivity contribution >= 4 is 5.97 Å². The Balaban J connectivity index is 1.81. The summed E-state index contributed by atoms with van der Waals surface area (Å²) in [5, 5.41) is 9.42. The van der Waals surface area contributed by atoms with Crippen molar-refractivity contribution in [3.8, 4) is 0 Å². The van der Waals surface area contributed by atoms with Crippen molar-refractivity contribution in [1.29, 1.82) is 0 Å². The van der Waals surface area contributed by atoms with E-state index in [4.69, 9.17) is 4.74 Å². The van der Waals surface area contributed by atoms with E-state index in [9.17, 15) is 9.90 Å². The average Bonchev–Trinajstić information content (AvgIpc) is 3.41. The van der Waals surface area contributed by atoms with Gasteiger partial charge >= 0.3 is 5.97 Å². The summed E-state index contributed by atoms with van der Waals surface area (Å²) in [5.74, 6) is -0.878. The van der Waals surface area contributed by atoms with Gasteiger partial charge in [0.2, 0.25) is 0 Å². The Morgan fingerprint density at radius 1 is 0.821 bits per heavy atom. The van der Waals surface area contributed by atoms with E-state index in [0.717, 1.165) is 16.7 Å². The highest BCUT2D eigenvalue weighted by molar-refractivity contribution is 5.74. The molecule has 3 unspecified atom stereocenters. The maximum Gasteiger partial charge on any atom is 0.307 e. The maximum absolute atomic E-state index is 11.5. The summed E-state index contributed by atoms with van der Waals surface area (Å²) in [6, 6.07) is 30.5. The highest BCUT2D eigenvalue weighted by atomic mass is 16.5. The van der Waals surface area contributed by atoms with Gasteiger partial charge in [0.25, 0.3) is 0 Å². The number of hydrogen-bond acceptors (Lipinski definition) is 2. The van der Waals surface area contributed by atoms with E-state index in [1.807, 2.05) is 61.5 Å².